The summed E-state index contributed by atoms with van der Waals surface area (Å²) >= 11 is 0. The molecule has 2 heterocycles. The summed E-state index contributed by atoms with van der Waals surface area (Å²) in [5.74, 6) is 0.865. The molecular weight excluding hydrogens is 186 g/mol. The third kappa shape index (κ3) is 1.52. The molecule has 0 bridgehead atoms. The highest BCUT2D eigenvalue weighted by atomic mass is 15.1. The molecule has 0 unspecified atom stereocenters. The molecule has 1 aliphatic rings. The van der Waals surface area contributed by atoms with E-state index in [1.165, 1.54) is 37.1 Å². The lowest BCUT2D eigenvalue weighted by Crippen LogP contribution is -2.01. The van der Waals surface area contributed by atoms with Gasteiger partial charge in [-0.1, -0.05) is 12.8 Å². The van der Waals surface area contributed by atoms with Crippen molar-refractivity contribution in [2.24, 2.45) is 0 Å². The van der Waals surface area contributed by atoms with E-state index in [1.807, 2.05) is 12.3 Å². The van der Waals surface area contributed by atoms with Crippen LogP contribution in [0.25, 0.3) is 5.78 Å². The first kappa shape index (κ1) is 8.89. The Labute approximate surface area is 89.2 Å². The summed E-state index contributed by atoms with van der Waals surface area (Å²) in [7, 11) is 0. The van der Waals surface area contributed by atoms with E-state index in [0.717, 1.165) is 18.6 Å². The van der Waals surface area contributed by atoms with Crippen molar-refractivity contribution in [3.8, 4) is 0 Å². The van der Waals surface area contributed by atoms with Crippen molar-refractivity contribution in [2.45, 2.75) is 38.5 Å². The summed E-state index contributed by atoms with van der Waals surface area (Å²) in [5, 5.41) is 0. The van der Waals surface area contributed by atoms with Crippen LogP contribution in [0, 0.1) is 0 Å². The monoisotopic (exact) mass is 201 g/mol. The van der Waals surface area contributed by atoms with Crippen LogP contribution in [-0.2, 0) is 12.8 Å². The number of hydrogen-bond donors (Lipinski definition) is 0. The summed E-state index contributed by atoms with van der Waals surface area (Å²) in [6, 6.07) is 1.98. The van der Waals surface area contributed by atoms with E-state index >= 15 is 0 Å². The first-order valence-corrected chi connectivity index (χ1v) is 5.76. The Morgan fingerprint density at radius 3 is 2.87 bits per heavy atom. The third-order valence-electron chi connectivity index (χ3n) is 3.16. The van der Waals surface area contributed by atoms with Gasteiger partial charge >= 0.3 is 0 Å². The molecular formula is C12H15N3. The van der Waals surface area contributed by atoms with Gasteiger partial charge in [0.15, 0.2) is 0 Å². The molecule has 0 fully saturated rings. The molecule has 78 valence electrons. The fraction of sp³-hybridized carbons (Fsp3) is 0.500. The Morgan fingerprint density at radius 2 is 1.93 bits per heavy atom. The number of rotatable bonds is 0. The normalized spacial score (nSPS) is 17.1. The lowest BCUT2D eigenvalue weighted by Gasteiger charge is -2.08. The highest BCUT2D eigenvalue weighted by Crippen LogP contribution is 2.20. The highest BCUT2D eigenvalue weighted by Gasteiger charge is 2.13. The van der Waals surface area contributed by atoms with Crippen molar-refractivity contribution in [1.82, 2.24) is 14.4 Å². The van der Waals surface area contributed by atoms with E-state index in [-0.39, 0.29) is 0 Å². The minimum Gasteiger partial charge on any atom is -0.288 e. The first-order valence-electron chi connectivity index (χ1n) is 5.76. The summed E-state index contributed by atoms with van der Waals surface area (Å²) in [6.07, 6.45) is 11.4. The molecule has 3 nitrogen and oxygen atoms in total. The van der Waals surface area contributed by atoms with Gasteiger partial charge in [0.1, 0.15) is 0 Å². The molecule has 0 atom stereocenters. The first-order chi connectivity index (χ1) is 7.45. The summed E-state index contributed by atoms with van der Waals surface area (Å²) in [6.45, 7) is 0. The second kappa shape index (κ2) is 3.65. The maximum Gasteiger partial charge on any atom is 0.234 e. The van der Waals surface area contributed by atoms with Gasteiger partial charge < -0.3 is 0 Å². The van der Waals surface area contributed by atoms with Crippen LogP contribution in [0.15, 0.2) is 18.5 Å². The molecule has 1 aliphatic carbocycles. The van der Waals surface area contributed by atoms with Gasteiger partial charge in [0.2, 0.25) is 5.78 Å². The summed E-state index contributed by atoms with van der Waals surface area (Å²) in [4.78, 5) is 8.91. The molecule has 0 saturated heterocycles. The van der Waals surface area contributed by atoms with Gasteiger partial charge in [0.25, 0.3) is 0 Å². The van der Waals surface area contributed by atoms with Gasteiger partial charge in [-0.15, -0.1) is 0 Å². The average molecular weight is 201 g/mol. The van der Waals surface area contributed by atoms with Crippen LogP contribution in [-0.4, -0.2) is 14.4 Å². The number of hydrogen-bond acceptors (Lipinski definition) is 2. The van der Waals surface area contributed by atoms with E-state index in [1.54, 1.807) is 0 Å². The van der Waals surface area contributed by atoms with Crippen molar-refractivity contribution in [3.63, 3.8) is 0 Å². The average Bonchev–Trinajstić information content (AvgIpc) is 2.55. The quantitative estimate of drug-likeness (QED) is 0.655. The molecule has 3 heteroatoms. The fourth-order valence-electron chi connectivity index (χ4n) is 2.38. The maximum atomic E-state index is 4.61. The summed E-state index contributed by atoms with van der Waals surface area (Å²) in [5.41, 5.74) is 2.66. The van der Waals surface area contributed by atoms with Crippen LogP contribution in [0.4, 0.5) is 0 Å². The van der Waals surface area contributed by atoms with E-state index in [9.17, 15) is 0 Å². The van der Waals surface area contributed by atoms with Gasteiger partial charge in [-0.2, -0.15) is 0 Å². The van der Waals surface area contributed by atoms with Gasteiger partial charge in [-0.25, -0.2) is 9.97 Å². The smallest absolute Gasteiger partial charge is 0.234 e. The third-order valence-corrected chi connectivity index (χ3v) is 3.16. The van der Waals surface area contributed by atoms with Gasteiger partial charge in [0, 0.05) is 18.1 Å². The largest absolute Gasteiger partial charge is 0.288 e. The van der Waals surface area contributed by atoms with E-state index in [0.29, 0.717) is 0 Å². The minimum absolute atomic E-state index is 0.865. The molecule has 0 radical (unpaired) electrons. The standard InChI is InChI=1S/C12H15N3/c1-2-4-7-11-10(6-3-1)14-12-13-8-5-9-15(11)12/h5,8-9H,1-4,6-7H2. The molecule has 0 amide bonds. The summed E-state index contributed by atoms with van der Waals surface area (Å²) < 4.78 is 2.15. The predicted molar refractivity (Wildman–Crippen MR) is 58.9 cm³/mol. The molecule has 0 spiro atoms. The van der Waals surface area contributed by atoms with Gasteiger partial charge in [-0.05, 0) is 31.7 Å². The fourth-order valence-corrected chi connectivity index (χ4v) is 2.38. The van der Waals surface area contributed by atoms with Gasteiger partial charge in [0.05, 0.1) is 5.69 Å². The molecule has 0 aromatic carbocycles. The lowest BCUT2D eigenvalue weighted by molar-refractivity contribution is 0.605. The Bertz CT molecular complexity index is 473. The van der Waals surface area contributed by atoms with Crippen molar-refractivity contribution in [1.29, 1.82) is 0 Å². The number of aryl methyl sites for hydroxylation is 2. The predicted octanol–water partition coefficient (Wildman–Crippen LogP) is 2.39. The topological polar surface area (TPSA) is 30.2 Å². The zero-order valence-corrected chi connectivity index (χ0v) is 8.82. The highest BCUT2D eigenvalue weighted by molar-refractivity contribution is 5.35. The van der Waals surface area contributed by atoms with Crippen molar-refractivity contribution < 1.29 is 0 Å². The number of imidazole rings is 1. The van der Waals surface area contributed by atoms with Crippen molar-refractivity contribution >= 4 is 5.78 Å². The van der Waals surface area contributed by atoms with E-state index in [2.05, 4.69) is 20.6 Å². The molecule has 2 aromatic rings. The van der Waals surface area contributed by atoms with Crippen molar-refractivity contribution in [2.75, 3.05) is 0 Å². The second-order valence-electron chi connectivity index (χ2n) is 4.21. The Balaban J connectivity index is 2.15. The van der Waals surface area contributed by atoms with Gasteiger partial charge in [-0.3, -0.25) is 4.40 Å². The maximum absolute atomic E-state index is 4.61. The van der Waals surface area contributed by atoms with Crippen LogP contribution in [0.5, 0.6) is 0 Å². The molecule has 0 aliphatic heterocycles. The van der Waals surface area contributed by atoms with Crippen LogP contribution in [0.3, 0.4) is 0 Å². The molecule has 2 aromatic heterocycles. The lowest BCUT2D eigenvalue weighted by atomic mass is 10.0. The van der Waals surface area contributed by atoms with Crippen LogP contribution >= 0.6 is 0 Å². The Kier molecular flexibility index (Phi) is 2.16. The molecule has 0 saturated carbocycles. The Hall–Kier alpha value is -1.38. The van der Waals surface area contributed by atoms with Crippen LogP contribution in [0.1, 0.15) is 37.1 Å². The Morgan fingerprint density at radius 1 is 1.07 bits per heavy atom. The van der Waals surface area contributed by atoms with Crippen LogP contribution < -0.4 is 0 Å². The van der Waals surface area contributed by atoms with Crippen molar-refractivity contribution in [3.05, 3.63) is 29.8 Å². The number of nitrogens with zero attached hydrogens (tertiary/aromatic N) is 3. The zero-order chi connectivity index (χ0) is 10.1. The second-order valence-corrected chi connectivity index (χ2v) is 4.21. The molecule has 0 N–H and O–H groups in total. The van der Waals surface area contributed by atoms with Crippen LogP contribution in [0.2, 0.25) is 0 Å². The SMILES string of the molecule is c1cnc2nc3c(n2c1)CCCCCC3. The van der Waals surface area contributed by atoms with E-state index < -0.39 is 0 Å². The van der Waals surface area contributed by atoms with E-state index in [4.69, 9.17) is 0 Å². The minimum atomic E-state index is 0.865. The molecule has 3 rings (SSSR count). The molecule has 15 heavy (non-hydrogen) atoms. The number of fused-ring (bicyclic) bond motifs is 3. The zero-order valence-electron chi connectivity index (χ0n) is 8.82. The number of aromatic nitrogens is 3.